The summed E-state index contributed by atoms with van der Waals surface area (Å²) in [7, 11) is 0. The molecule has 3 rings (SSSR count). The molecule has 0 fully saturated rings. The number of thiophene rings is 1. The topological polar surface area (TPSA) is 39.2 Å². The second kappa shape index (κ2) is 6.74. The molecule has 2 aromatic heterocycles. The highest BCUT2D eigenvalue weighted by molar-refractivity contribution is 7.14. The van der Waals surface area contributed by atoms with Crippen LogP contribution < -0.4 is 0 Å². The molecule has 0 radical (unpaired) electrons. The molecule has 0 atom stereocenters. The number of esters is 1. The molecule has 3 nitrogen and oxygen atoms in total. The molecule has 0 bridgehead atoms. The van der Waals surface area contributed by atoms with Crippen LogP contribution in [0, 0.1) is 0 Å². The first-order chi connectivity index (χ1) is 11.4. The molecule has 0 saturated carbocycles. The Morgan fingerprint density at radius 1 is 1.21 bits per heavy atom. The number of halogens is 3. The highest BCUT2D eigenvalue weighted by Gasteiger charge is 2.30. The Morgan fingerprint density at radius 2 is 2.04 bits per heavy atom. The molecule has 2 heterocycles. The first-order valence-corrected chi connectivity index (χ1v) is 8.57. The summed E-state index contributed by atoms with van der Waals surface area (Å²) in [6, 6.07) is 6.58. The van der Waals surface area contributed by atoms with Gasteiger partial charge < -0.3 is 4.74 Å². The minimum absolute atomic E-state index is 0.146. The van der Waals surface area contributed by atoms with Crippen molar-refractivity contribution in [3.05, 3.63) is 63.3 Å². The molecule has 24 heavy (non-hydrogen) atoms. The standard InChI is InChI=1S/C16H10F3NO2S2/c17-16(18,19)12-3-1-2-10(6-12)7-22-15(21)13-9-24-14(20-13)11-4-5-23-8-11/h1-6,8-9H,7H2. The molecule has 0 aliphatic heterocycles. The third-order valence-electron chi connectivity index (χ3n) is 3.11. The maximum absolute atomic E-state index is 12.7. The van der Waals surface area contributed by atoms with E-state index in [0.29, 0.717) is 5.01 Å². The fraction of sp³-hybridized carbons (Fsp3) is 0.125. The minimum Gasteiger partial charge on any atom is -0.456 e. The predicted octanol–water partition coefficient (Wildman–Crippen LogP) is 5.25. The third kappa shape index (κ3) is 3.82. The zero-order valence-corrected chi connectivity index (χ0v) is 13.7. The molecule has 0 aliphatic rings. The van der Waals surface area contributed by atoms with Crippen LogP contribution in [0.5, 0.6) is 0 Å². The molecule has 8 heteroatoms. The van der Waals surface area contributed by atoms with Crippen LogP contribution in [-0.4, -0.2) is 11.0 Å². The van der Waals surface area contributed by atoms with Gasteiger partial charge in [0.25, 0.3) is 0 Å². The summed E-state index contributed by atoms with van der Waals surface area (Å²) < 4.78 is 43.0. The van der Waals surface area contributed by atoms with E-state index >= 15 is 0 Å². The number of carbonyl (C=O) groups is 1. The summed E-state index contributed by atoms with van der Waals surface area (Å²) in [5, 5.41) is 6.09. The number of hydrogen-bond acceptors (Lipinski definition) is 5. The lowest BCUT2D eigenvalue weighted by Gasteiger charge is -2.08. The van der Waals surface area contributed by atoms with Crippen molar-refractivity contribution in [3.63, 3.8) is 0 Å². The van der Waals surface area contributed by atoms with E-state index in [2.05, 4.69) is 4.98 Å². The van der Waals surface area contributed by atoms with E-state index in [0.717, 1.165) is 17.7 Å². The molecular weight excluding hydrogens is 359 g/mol. The molecule has 0 amide bonds. The first kappa shape index (κ1) is 16.7. The number of ether oxygens (including phenoxy) is 1. The Labute approximate surface area is 143 Å². The van der Waals surface area contributed by atoms with E-state index < -0.39 is 17.7 Å². The van der Waals surface area contributed by atoms with Gasteiger partial charge >= 0.3 is 12.1 Å². The Kier molecular flexibility index (Phi) is 4.68. The summed E-state index contributed by atoms with van der Waals surface area (Å²) in [4.78, 5) is 16.2. The van der Waals surface area contributed by atoms with Crippen molar-refractivity contribution in [2.45, 2.75) is 12.8 Å². The van der Waals surface area contributed by atoms with Gasteiger partial charge in [-0.15, -0.1) is 11.3 Å². The lowest BCUT2D eigenvalue weighted by Crippen LogP contribution is -2.08. The van der Waals surface area contributed by atoms with Crippen molar-refractivity contribution in [1.29, 1.82) is 0 Å². The molecular formula is C16H10F3NO2S2. The molecule has 0 aliphatic carbocycles. The van der Waals surface area contributed by atoms with Crippen LogP contribution in [0.3, 0.4) is 0 Å². The predicted molar refractivity (Wildman–Crippen MR) is 86.0 cm³/mol. The van der Waals surface area contributed by atoms with Crippen LogP contribution in [0.1, 0.15) is 21.6 Å². The van der Waals surface area contributed by atoms with Gasteiger partial charge in [-0.2, -0.15) is 24.5 Å². The average molecular weight is 369 g/mol. The number of nitrogens with zero attached hydrogens (tertiary/aromatic N) is 1. The van der Waals surface area contributed by atoms with Crippen molar-refractivity contribution < 1.29 is 22.7 Å². The Hall–Kier alpha value is -2.19. The molecule has 1 aromatic carbocycles. The van der Waals surface area contributed by atoms with Gasteiger partial charge in [0.2, 0.25) is 0 Å². The largest absolute Gasteiger partial charge is 0.456 e. The number of hydrogen-bond donors (Lipinski definition) is 0. The van der Waals surface area contributed by atoms with Gasteiger partial charge in [-0.3, -0.25) is 0 Å². The van der Waals surface area contributed by atoms with Crippen LogP contribution in [0.25, 0.3) is 10.6 Å². The second-order valence-corrected chi connectivity index (χ2v) is 6.46. The van der Waals surface area contributed by atoms with E-state index in [-0.39, 0.29) is 17.9 Å². The van der Waals surface area contributed by atoms with Crippen LogP contribution >= 0.6 is 22.7 Å². The molecule has 0 unspecified atom stereocenters. The summed E-state index contributed by atoms with van der Waals surface area (Å²) in [5.41, 5.74) is 0.561. The molecule has 0 saturated heterocycles. The lowest BCUT2D eigenvalue weighted by molar-refractivity contribution is -0.137. The maximum Gasteiger partial charge on any atom is 0.416 e. The maximum atomic E-state index is 12.7. The zero-order chi connectivity index (χ0) is 17.2. The van der Waals surface area contributed by atoms with Crippen LogP contribution in [0.2, 0.25) is 0 Å². The number of rotatable bonds is 4. The van der Waals surface area contributed by atoms with Gasteiger partial charge in [0.05, 0.1) is 5.56 Å². The summed E-state index contributed by atoms with van der Waals surface area (Å²) in [6.45, 7) is -0.242. The van der Waals surface area contributed by atoms with Gasteiger partial charge in [-0.1, -0.05) is 12.1 Å². The van der Waals surface area contributed by atoms with E-state index in [1.807, 2.05) is 16.8 Å². The van der Waals surface area contributed by atoms with E-state index in [4.69, 9.17) is 4.74 Å². The smallest absolute Gasteiger partial charge is 0.416 e. The highest BCUT2D eigenvalue weighted by Crippen LogP contribution is 2.30. The summed E-state index contributed by atoms with van der Waals surface area (Å²) in [6.07, 6.45) is -4.43. The second-order valence-electron chi connectivity index (χ2n) is 4.82. The third-order valence-corrected chi connectivity index (χ3v) is 4.68. The van der Waals surface area contributed by atoms with Crippen LogP contribution in [-0.2, 0) is 17.5 Å². The Morgan fingerprint density at radius 3 is 2.75 bits per heavy atom. The van der Waals surface area contributed by atoms with Crippen molar-refractivity contribution in [2.75, 3.05) is 0 Å². The molecule has 0 spiro atoms. The Bertz CT molecular complexity index is 841. The van der Waals surface area contributed by atoms with Gasteiger partial charge in [0, 0.05) is 16.3 Å². The number of benzene rings is 1. The summed E-state index contributed by atoms with van der Waals surface area (Å²) in [5.74, 6) is -0.662. The van der Waals surface area contributed by atoms with E-state index in [9.17, 15) is 18.0 Å². The van der Waals surface area contributed by atoms with Crippen molar-refractivity contribution in [1.82, 2.24) is 4.98 Å². The van der Waals surface area contributed by atoms with Gasteiger partial charge in [0.15, 0.2) is 5.69 Å². The molecule has 0 N–H and O–H groups in total. The van der Waals surface area contributed by atoms with E-state index in [1.54, 1.807) is 5.38 Å². The summed E-state index contributed by atoms with van der Waals surface area (Å²) >= 11 is 2.83. The highest BCUT2D eigenvalue weighted by atomic mass is 32.1. The van der Waals surface area contributed by atoms with Gasteiger partial charge in [0.1, 0.15) is 11.6 Å². The van der Waals surface area contributed by atoms with Crippen molar-refractivity contribution >= 4 is 28.6 Å². The van der Waals surface area contributed by atoms with Gasteiger partial charge in [-0.25, -0.2) is 9.78 Å². The number of aromatic nitrogens is 1. The average Bonchev–Trinajstić information content (AvgIpc) is 3.22. The SMILES string of the molecule is O=C(OCc1cccc(C(F)(F)F)c1)c1csc(-c2ccsc2)n1. The van der Waals surface area contributed by atoms with Crippen molar-refractivity contribution in [2.24, 2.45) is 0 Å². The lowest BCUT2D eigenvalue weighted by atomic mass is 10.1. The number of thiazole rings is 1. The monoisotopic (exact) mass is 369 g/mol. The molecule has 124 valence electrons. The zero-order valence-electron chi connectivity index (χ0n) is 12.0. The fourth-order valence-corrected chi connectivity index (χ4v) is 3.45. The number of carbonyl (C=O) groups excluding carboxylic acids is 1. The number of alkyl halides is 3. The Balaban J connectivity index is 1.66. The minimum atomic E-state index is -4.43. The van der Waals surface area contributed by atoms with E-state index in [1.165, 1.54) is 34.8 Å². The van der Waals surface area contributed by atoms with Crippen LogP contribution in [0.4, 0.5) is 13.2 Å². The quantitative estimate of drug-likeness (QED) is 0.590. The first-order valence-electron chi connectivity index (χ1n) is 6.75. The normalized spacial score (nSPS) is 11.5. The van der Waals surface area contributed by atoms with Crippen molar-refractivity contribution in [3.8, 4) is 10.6 Å². The molecule has 3 aromatic rings. The van der Waals surface area contributed by atoms with Gasteiger partial charge in [-0.05, 0) is 29.1 Å². The fourth-order valence-electron chi connectivity index (χ4n) is 1.95. The van der Waals surface area contributed by atoms with Crippen LogP contribution in [0.15, 0.2) is 46.5 Å².